The zero-order valence-electron chi connectivity index (χ0n) is 15.8. The highest BCUT2D eigenvalue weighted by atomic mass is 32.1. The Morgan fingerprint density at radius 1 is 1.46 bits per heavy atom. The summed E-state index contributed by atoms with van der Waals surface area (Å²) in [4.78, 5) is 14.6. The molecule has 2 aromatic rings. The van der Waals surface area contributed by atoms with Gasteiger partial charge in [0.2, 0.25) is 0 Å². The SMILES string of the molecule is Cc1nn(CCNC(=O)N(Cc2ccsc2)CC2CCCO2)c(C)c1C. The molecule has 0 aromatic carbocycles. The second-order valence-corrected chi connectivity index (χ2v) is 7.68. The smallest absolute Gasteiger partial charge is 0.317 e. The molecule has 6 nitrogen and oxygen atoms in total. The van der Waals surface area contributed by atoms with Crippen molar-refractivity contribution in [3.05, 3.63) is 39.3 Å². The predicted octanol–water partition coefficient (Wildman–Crippen LogP) is 3.26. The van der Waals surface area contributed by atoms with Crippen LogP contribution in [0.15, 0.2) is 16.8 Å². The van der Waals surface area contributed by atoms with Gasteiger partial charge in [-0.1, -0.05) is 0 Å². The van der Waals surface area contributed by atoms with Gasteiger partial charge in [0.15, 0.2) is 0 Å². The summed E-state index contributed by atoms with van der Waals surface area (Å²) in [6.45, 7) is 9.46. The number of amides is 2. The quantitative estimate of drug-likeness (QED) is 0.807. The van der Waals surface area contributed by atoms with E-state index in [1.807, 2.05) is 21.9 Å². The molecule has 0 spiro atoms. The lowest BCUT2D eigenvalue weighted by Gasteiger charge is -2.25. The van der Waals surface area contributed by atoms with Crippen LogP contribution in [-0.2, 0) is 17.8 Å². The molecule has 1 fully saturated rings. The molecule has 26 heavy (non-hydrogen) atoms. The molecule has 7 heteroatoms. The number of hydrogen-bond donors (Lipinski definition) is 1. The van der Waals surface area contributed by atoms with Crippen molar-refractivity contribution in [2.75, 3.05) is 19.7 Å². The summed E-state index contributed by atoms with van der Waals surface area (Å²) in [7, 11) is 0. The molecule has 2 aromatic heterocycles. The molecule has 0 saturated carbocycles. The third-order valence-electron chi connectivity index (χ3n) is 5.03. The largest absolute Gasteiger partial charge is 0.376 e. The van der Waals surface area contributed by atoms with Crippen molar-refractivity contribution in [3.63, 3.8) is 0 Å². The highest BCUT2D eigenvalue weighted by Crippen LogP contribution is 2.16. The summed E-state index contributed by atoms with van der Waals surface area (Å²) in [5.41, 5.74) is 4.59. The summed E-state index contributed by atoms with van der Waals surface area (Å²) in [6.07, 6.45) is 2.26. The molecule has 2 amide bonds. The van der Waals surface area contributed by atoms with Crippen LogP contribution in [0.1, 0.15) is 35.4 Å². The predicted molar refractivity (Wildman–Crippen MR) is 104 cm³/mol. The van der Waals surface area contributed by atoms with Crippen LogP contribution in [0.3, 0.4) is 0 Å². The monoisotopic (exact) mass is 376 g/mol. The van der Waals surface area contributed by atoms with Gasteiger partial charge in [-0.05, 0) is 61.6 Å². The fourth-order valence-electron chi connectivity index (χ4n) is 3.24. The van der Waals surface area contributed by atoms with Gasteiger partial charge in [0.25, 0.3) is 0 Å². The Morgan fingerprint density at radius 3 is 2.92 bits per heavy atom. The van der Waals surface area contributed by atoms with Gasteiger partial charge in [-0.2, -0.15) is 16.4 Å². The number of aromatic nitrogens is 2. The number of urea groups is 1. The normalized spacial score (nSPS) is 16.8. The highest BCUT2D eigenvalue weighted by Gasteiger charge is 2.23. The molecule has 0 bridgehead atoms. The fourth-order valence-corrected chi connectivity index (χ4v) is 3.90. The van der Waals surface area contributed by atoms with E-state index in [1.54, 1.807) is 11.3 Å². The van der Waals surface area contributed by atoms with Crippen molar-refractivity contribution < 1.29 is 9.53 Å². The summed E-state index contributed by atoms with van der Waals surface area (Å²) >= 11 is 1.66. The van der Waals surface area contributed by atoms with E-state index in [1.165, 1.54) is 5.56 Å². The van der Waals surface area contributed by atoms with Crippen molar-refractivity contribution in [1.29, 1.82) is 0 Å². The van der Waals surface area contributed by atoms with E-state index in [0.717, 1.165) is 36.4 Å². The molecule has 1 aliphatic heterocycles. The minimum absolute atomic E-state index is 0.0371. The van der Waals surface area contributed by atoms with Gasteiger partial charge in [-0.15, -0.1) is 0 Å². The topological polar surface area (TPSA) is 59.4 Å². The molecular weight excluding hydrogens is 348 g/mol. The minimum atomic E-state index is -0.0371. The average molecular weight is 377 g/mol. The molecule has 3 rings (SSSR count). The van der Waals surface area contributed by atoms with E-state index < -0.39 is 0 Å². The second-order valence-electron chi connectivity index (χ2n) is 6.90. The van der Waals surface area contributed by atoms with Crippen LogP contribution in [0.25, 0.3) is 0 Å². The van der Waals surface area contributed by atoms with E-state index in [9.17, 15) is 4.79 Å². The Hall–Kier alpha value is -1.86. The number of carbonyl (C=O) groups excluding carboxylic acids is 1. The van der Waals surface area contributed by atoms with Gasteiger partial charge in [-0.3, -0.25) is 4.68 Å². The molecule has 0 radical (unpaired) electrons. The van der Waals surface area contributed by atoms with Crippen molar-refractivity contribution >= 4 is 17.4 Å². The van der Waals surface area contributed by atoms with E-state index >= 15 is 0 Å². The van der Waals surface area contributed by atoms with Crippen LogP contribution in [0.2, 0.25) is 0 Å². The molecule has 0 aliphatic carbocycles. The van der Waals surface area contributed by atoms with Gasteiger partial charge in [0.1, 0.15) is 0 Å². The number of carbonyl (C=O) groups is 1. The zero-order valence-corrected chi connectivity index (χ0v) is 16.6. The van der Waals surface area contributed by atoms with E-state index in [4.69, 9.17) is 4.74 Å². The van der Waals surface area contributed by atoms with Gasteiger partial charge < -0.3 is 15.0 Å². The van der Waals surface area contributed by atoms with Gasteiger partial charge >= 0.3 is 6.03 Å². The van der Waals surface area contributed by atoms with Gasteiger partial charge in [0, 0.05) is 31.9 Å². The van der Waals surface area contributed by atoms with Crippen molar-refractivity contribution in [2.24, 2.45) is 0 Å². The Morgan fingerprint density at radius 2 is 2.31 bits per heavy atom. The Balaban J connectivity index is 1.56. The van der Waals surface area contributed by atoms with Gasteiger partial charge in [-0.25, -0.2) is 4.79 Å². The summed E-state index contributed by atoms with van der Waals surface area (Å²) < 4.78 is 7.69. The zero-order chi connectivity index (χ0) is 18.5. The second kappa shape index (κ2) is 8.68. The van der Waals surface area contributed by atoms with Crippen molar-refractivity contribution in [2.45, 2.75) is 52.8 Å². The summed E-state index contributed by atoms with van der Waals surface area (Å²) in [5, 5.41) is 11.7. The first-order valence-corrected chi connectivity index (χ1v) is 10.1. The number of nitrogens with zero attached hydrogens (tertiary/aromatic N) is 3. The van der Waals surface area contributed by atoms with E-state index in [-0.39, 0.29) is 12.1 Å². The molecule has 1 aliphatic rings. The highest BCUT2D eigenvalue weighted by molar-refractivity contribution is 7.07. The van der Waals surface area contributed by atoms with Crippen molar-refractivity contribution in [3.8, 4) is 0 Å². The molecule has 1 atom stereocenters. The maximum absolute atomic E-state index is 12.7. The van der Waals surface area contributed by atoms with Crippen LogP contribution >= 0.6 is 11.3 Å². The summed E-state index contributed by atoms with van der Waals surface area (Å²) in [6, 6.07) is 2.03. The number of aryl methyl sites for hydroxylation is 1. The Kier molecular flexibility index (Phi) is 6.32. The van der Waals surface area contributed by atoms with Crippen LogP contribution in [0.5, 0.6) is 0 Å². The first-order chi connectivity index (χ1) is 12.5. The van der Waals surface area contributed by atoms with Crippen LogP contribution in [0.4, 0.5) is 4.79 Å². The molecule has 3 heterocycles. The first kappa shape index (κ1) is 18.9. The lowest BCUT2D eigenvalue weighted by atomic mass is 10.2. The molecule has 142 valence electrons. The first-order valence-electron chi connectivity index (χ1n) is 9.20. The minimum Gasteiger partial charge on any atom is -0.376 e. The number of nitrogens with one attached hydrogen (secondary N) is 1. The maximum Gasteiger partial charge on any atom is 0.317 e. The fraction of sp³-hybridized carbons (Fsp3) is 0.579. The van der Waals surface area contributed by atoms with Crippen LogP contribution in [-0.4, -0.2) is 46.5 Å². The lowest BCUT2D eigenvalue weighted by Crippen LogP contribution is -2.44. The average Bonchev–Trinajstić information content (AvgIpc) is 3.36. The molecule has 1 saturated heterocycles. The number of thiophene rings is 1. The van der Waals surface area contributed by atoms with E-state index in [0.29, 0.717) is 26.2 Å². The number of rotatable bonds is 7. The third-order valence-corrected chi connectivity index (χ3v) is 5.76. The maximum atomic E-state index is 12.7. The lowest BCUT2D eigenvalue weighted by molar-refractivity contribution is 0.0795. The molecular formula is C19H28N4O2S. The van der Waals surface area contributed by atoms with Gasteiger partial charge in [0.05, 0.1) is 18.3 Å². The Labute approximate surface area is 159 Å². The molecule has 1 N–H and O–H groups in total. The van der Waals surface area contributed by atoms with Crippen LogP contribution < -0.4 is 5.32 Å². The Bertz CT molecular complexity index is 720. The van der Waals surface area contributed by atoms with Crippen LogP contribution in [0, 0.1) is 20.8 Å². The number of ether oxygens (including phenoxy) is 1. The van der Waals surface area contributed by atoms with Crippen molar-refractivity contribution in [1.82, 2.24) is 20.0 Å². The summed E-state index contributed by atoms with van der Waals surface area (Å²) in [5.74, 6) is 0. The molecule has 1 unspecified atom stereocenters. The standard InChI is InChI=1S/C19H28N4O2S/c1-14-15(2)21-23(16(14)3)8-7-20-19(24)22(11-17-6-10-26-13-17)12-18-5-4-9-25-18/h6,10,13,18H,4-5,7-9,11-12H2,1-3H3,(H,20,24). The van der Waals surface area contributed by atoms with E-state index in [2.05, 4.69) is 35.7 Å². The third kappa shape index (κ3) is 4.65. The number of hydrogen-bond acceptors (Lipinski definition) is 4.